The summed E-state index contributed by atoms with van der Waals surface area (Å²) in [5.41, 5.74) is 4.62. The predicted octanol–water partition coefficient (Wildman–Crippen LogP) is 2.70. The number of aryl methyl sites for hydroxylation is 2. The summed E-state index contributed by atoms with van der Waals surface area (Å²) in [6.45, 7) is 6.65. The van der Waals surface area contributed by atoms with Crippen molar-refractivity contribution < 1.29 is 9.53 Å². The third kappa shape index (κ3) is 4.05. The summed E-state index contributed by atoms with van der Waals surface area (Å²) in [5, 5.41) is 18.1. The van der Waals surface area contributed by atoms with Gasteiger partial charge in [0.2, 0.25) is 0 Å². The van der Waals surface area contributed by atoms with Crippen molar-refractivity contribution in [2.24, 2.45) is 0 Å². The molecule has 0 bridgehead atoms. The van der Waals surface area contributed by atoms with Crippen LogP contribution in [0.2, 0.25) is 0 Å². The Kier molecular flexibility index (Phi) is 6.06. The molecule has 10 heteroatoms. The van der Waals surface area contributed by atoms with Crippen LogP contribution in [-0.4, -0.2) is 50.1 Å². The number of pyridine rings is 1. The molecule has 0 atom stereocenters. The fraction of sp³-hybridized carbons (Fsp3) is 0.417. The Morgan fingerprint density at radius 1 is 1.21 bits per heavy atom. The summed E-state index contributed by atoms with van der Waals surface area (Å²) >= 11 is 0. The molecule has 178 valence electrons. The first-order valence-electron chi connectivity index (χ1n) is 11.8. The minimum absolute atomic E-state index is 0.203. The van der Waals surface area contributed by atoms with Crippen molar-refractivity contribution in [2.45, 2.75) is 52.2 Å². The lowest BCUT2D eigenvalue weighted by molar-refractivity contribution is 0.0904. The zero-order chi connectivity index (χ0) is 23.7. The van der Waals surface area contributed by atoms with E-state index in [1.54, 1.807) is 18.2 Å². The summed E-state index contributed by atoms with van der Waals surface area (Å²) in [5.74, 6) is -0.215. The third-order valence-electron chi connectivity index (χ3n) is 6.44. The average molecular weight is 464 g/mol. The number of carbonyl (C=O) groups is 1. The van der Waals surface area contributed by atoms with Gasteiger partial charge < -0.3 is 15.4 Å². The van der Waals surface area contributed by atoms with E-state index in [0.29, 0.717) is 23.0 Å². The summed E-state index contributed by atoms with van der Waals surface area (Å²) in [6, 6.07) is 5.28. The van der Waals surface area contributed by atoms with Gasteiger partial charge in [-0.1, -0.05) is 6.92 Å². The highest BCUT2D eigenvalue weighted by Gasteiger charge is 2.22. The maximum atomic E-state index is 13.0. The number of nitrogens with zero attached hydrogens (tertiary/aromatic N) is 3. The van der Waals surface area contributed by atoms with Crippen molar-refractivity contribution >= 4 is 33.5 Å². The maximum absolute atomic E-state index is 13.0. The van der Waals surface area contributed by atoms with Crippen LogP contribution in [0.1, 0.15) is 48.3 Å². The standard InChI is InChI=1S/C24H29N7O3/c1-3-19-17(12-25-23(32)14-5-6-16-20(11-14)29-30-24(16)33)21(27-15-7-9-34-10-8-15)18-13-26-31(4-2)22(18)28-19/h5-6,11,13,15H,3-4,7-10,12H2,1-2H3,(H,25,32)(H,27,28)(H2,29,30,33). The number of H-pyrrole nitrogens is 2. The maximum Gasteiger partial charge on any atom is 0.271 e. The van der Waals surface area contributed by atoms with Crippen LogP contribution in [0.15, 0.2) is 29.2 Å². The summed E-state index contributed by atoms with van der Waals surface area (Å²) in [6.07, 6.45) is 4.44. The monoisotopic (exact) mass is 463 g/mol. The molecule has 1 aromatic carbocycles. The molecule has 4 N–H and O–H groups in total. The van der Waals surface area contributed by atoms with Crippen LogP contribution in [0, 0.1) is 0 Å². The molecule has 1 saturated heterocycles. The Hall–Kier alpha value is -3.66. The predicted molar refractivity (Wildman–Crippen MR) is 130 cm³/mol. The van der Waals surface area contributed by atoms with E-state index in [9.17, 15) is 9.59 Å². The minimum atomic E-state index is -0.215. The van der Waals surface area contributed by atoms with Crippen LogP contribution < -0.4 is 16.2 Å². The SMILES string of the molecule is CCc1nc2c(cnn2CC)c(NC2CCOCC2)c1CNC(=O)c1ccc2c(=O)[nH][nH]c2c1. The van der Waals surface area contributed by atoms with Gasteiger partial charge in [-0.05, 0) is 44.4 Å². The normalized spacial score (nSPS) is 14.6. The van der Waals surface area contributed by atoms with Crippen molar-refractivity contribution in [2.75, 3.05) is 18.5 Å². The van der Waals surface area contributed by atoms with Gasteiger partial charge in [-0.2, -0.15) is 5.10 Å². The Labute approximate surface area is 196 Å². The largest absolute Gasteiger partial charge is 0.381 e. The molecule has 1 amide bonds. The van der Waals surface area contributed by atoms with E-state index >= 15 is 0 Å². The topological polar surface area (TPSA) is 130 Å². The third-order valence-corrected chi connectivity index (χ3v) is 6.44. The molecule has 10 nitrogen and oxygen atoms in total. The molecule has 0 spiro atoms. The van der Waals surface area contributed by atoms with Crippen LogP contribution >= 0.6 is 0 Å². The number of anilines is 1. The Balaban J connectivity index is 1.48. The molecule has 4 aromatic rings. The number of fused-ring (bicyclic) bond motifs is 2. The molecule has 5 rings (SSSR count). The minimum Gasteiger partial charge on any atom is -0.381 e. The molecule has 1 aliphatic rings. The zero-order valence-corrected chi connectivity index (χ0v) is 19.4. The van der Waals surface area contributed by atoms with Gasteiger partial charge in [0.25, 0.3) is 11.5 Å². The zero-order valence-electron chi connectivity index (χ0n) is 19.4. The van der Waals surface area contributed by atoms with E-state index in [0.717, 1.165) is 67.0 Å². The van der Waals surface area contributed by atoms with Crippen molar-refractivity contribution in [1.82, 2.24) is 30.3 Å². The number of aromatic nitrogens is 5. The van der Waals surface area contributed by atoms with Crippen LogP contribution in [0.25, 0.3) is 21.9 Å². The smallest absolute Gasteiger partial charge is 0.271 e. The lowest BCUT2D eigenvalue weighted by atomic mass is 10.0. The highest BCUT2D eigenvalue weighted by molar-refractivity contribution is 5.98. The van der Waals surface area contributed by atoms with Gasteiger partial charge in [0.05, 0.1) is 28.2 Å². The number of aromatic amines is 2. The number of carbonyl (C=O) groups excluding carboxylic acids is 1. The van der Waals surface area contributed by atoms with E-state index in [2.05, 4.69) is 32.9 Å². The number of hydrogen-bond acceptors (Lipinski definition) is 6. The van der Waals surface area contributed by atoms with E-state index in [4.69, 9.17) is 9.72 Å². The molecule has 0 radical (unpaired) electrons. The Morgan fingerprint density at radius 2 is 2.03 bits per heavy atom. The highest BCUT2D eigenvalue weighted by Crippen LogP contribution is 2.31. The van der Waals surface area contributed by atoms with Crippen LogP contribution in [0.4, 0.5) is 5.69 Å². The molecule has 1 fully saturated rings. The Bertz CT molecular complexity index is 1400. The number of benzene rings is 1. The lowest BCUT2D eigenvalue weighted by Crippen LogP contribution is -2.30. The quantitative estimate of drug-likeness (QED) is 0.333. The van der Waals surface area contributed by atoms with Gasteiger partial charge in [-0.25, -0.2) is 9.67 Å². The number of nitrogens with one attached hydrogen (secondary N) is 4. The first-order valence-corrected chi connectivity index (χ1v) is 11.8. The number of hydrogen-bond donors (Lipinski definition) is 4. The molecule has 0 saturated carbocycles. The average Bonchev–Trinajstić information content (AvgIpc) is 3.46. The van der Waals surface area contributed by atoms with Gasteiger partial charge >= 0.3 is 0 Å². The fourth-order valence-electron chi connectivity index (χ4n) is 4.55. The summed E-state index contributed by atoms with van der Waals surface area (Å²) in [7, 11) is 0. The number of rotatable bonds is 7. The fourth-order valence-corrected chi connectivity index (χ4v) is 4.55. The van der Waals surface area contributed by atoms with E-state index in [1.807, 2.05) is 17.8 Å². The van der Waals surface area contributed by atoms with E-state index in [-0.39, 0.29) is 17.5 Å². The van der Waals surface area contributed by atoms with Gasteiger partial charge in [0, 0.05) is 49.2 Å². The summed E-state index contributed by atoms with van der Waals surface area (Å²) in [4.78, 5) is 29.7. The highest BCUT2D eigenvalue weighted by atomic mass is 16.5. The lowest BCUT2D eigenvalue weighted by Gasteiger charge is -2.26. The Morgan fingerprint density at radius 3 is 2.79 bits per heavy atom. The molecule has 34 heavy (non-hydrogen) atoms. The van der Waals surface area contributed by atoms with Gasteiger partial charge in [0.15, 0.2) is 5.65 Å². The van der Waals surface area contributed by atoms with Gasteiger partial charge in [-0.3, -0.25) is 19.8 Å². The first-order chi connectivity index (χ1) is 16.6. The van der Waals surface area contributed by atoms with Crippen LogP contribution in [0.5, 0.6) is 0 Å². The summed E-state index contributed by atoms with van der Waals surface area (Å²) < 4.78 is 7.43. The molecule has 0 aliphatic carbocycles. The second kappa shape index (κ2) is 9.30. The van der Waals surface area contributed by atoms with Gasteiger partial charge in [0.1, 0.15) is 0 Å². The number of amides is 1. The molecule has 3 aromatic heterocycles. The molecular weight excluding hydrogens is 434 g/mol. The van der Waals surface area contributed by atoms with E-state index in [1.165, 1.54) is 0 Å². The first kappa shape index (κ1) is 22.1. The second-order valence-corrected chi connectivity index (χ2v) is 8.52. The van der Waals surface area contributed by atoms with Crippen molar-refractivity contribution in [3.8, 4) is 0 Å². The van der Waals surface area contributed by atoms with E-state index < -0.39 is 0 Å². The van der Waals surface area contributed by atoms with Crippen LogP contribution in [-0.2, 0) is 24.2 Å². The molecular formula is C24H29N7O3. The van der Waals surface area contributed by atoms with Crippen molar-refractivity contribution in [1.29, 1.82) is 0 Å². The molecule has 0 unspecified atom stereocenters. The van der Waals surface area contributed by atoms with Crippen molar-refractivity contribution in [3.63, 3.8) is 0 Å². The second-order valence-electron chi connectivity index (χ2n) is 8.52. The molecule has 4 heterocycles. The molecule has 1 aliphatic heterocycles. The van der Waals surface area contributed by atoms with Gasteiger partial charge in [-0.15, -0.1) is 0 Å². The van der Waals surface area contributed by atoms with Crippen LogP contribution in [0.3, 0.4) is 0 Å². The number of ether oxygens (including phenoxy) is 1. The van der Waals surface area contributed by atoms with Crippen molar-refractivity contribution in [3.05, 3.63) is 51.6 Å².